The Kier molecular flexibility index (Phi) is 9.33. The number of nitrogens with one attached hydrogen (secondary N) is 1. The molecule has 13 heteroatoms. The number of carboxylic acid groups (broad SMARTS) is 1. The lowest BCUT2D eigenvalue weighted by molar-refractivity contribution is -0.139. The van der Waals surface area contributed by atoms with Crippen LogP contribution in [0.2, 0.25) is 0 Å². The monoisotopic (exact) mass is 656 g/mol. The molecule has 2 fully saturated rings. The van der Waals surface area contributed by atoms with Gasteiger partial charge in [-0.3, -0.25) is 19.6 Å². The van der Waals surface area contributed by atoms with Crippen LogP contribution in [0.1, 0.15) is 41.1 Å². The molecular weight excluding hydrogens is 623 g/mol. The summed E-state index contributed by atoms with van der Waals surface area (Å²) in [6.07, 6.45) is 7.86. The number of nitrogens with zero attached hydrogens (tertiary/aromatic N) is 5. The Labute approximate surface area is 275 Å². The molecule has 2 N–H and O–H groups in total. The molecule has 1 aromatic heterocycles. The first-order valence-corrected chi connectivity index (χ1v) is 16.2. The summed E-state index contributed by atoms with van der Waals surface area (Å²) in [7, 11) is 0. The molecule has 0 aliphatic carbocycles. The van der Waals surface area contributed by atoms with Crippen molar-refractivity contribution in [3.8, 4) is 12.3 Å². The molecule has 3 aliphatic heterocycles. The van der Waals surface area contributed by atoms with Gasteiger partial charge in [0, 0.05) is 62.1 Å². The van der Waals surface area contributed by atoms with Crippen molar-refractivity contribution in [2.45, 2.75) is 31.8 Å². The van der Waals surface area contributed by atoms with Gasteiger partial charge in [-0.1, -0.05) is 30.2 Å². The summed E-state index contributed by atoms with van der Waals surface area (Å²) in [5, 5.41) is 14.7. The lowest BCUT2D eigenvalue weighted by Crippen LogP contribution is -2.53. The molecule has 11 nitrogen and oxygen atoms in total. The molecule has 2 atom stereocenters. The molecule has 3 aromatic rings. The number of hydrogen-bond acceptors (Lipinski definition) is 9. The van der Waals surface area contributed by atoms with Gasteiger partial charge >= 0.3 is 18.0 Å². The lowest BCUT2D eigenvalue weighted by atomic mass is 9.91. The number of fused-ring (bicyclic) bond motifs is 1. The summed E-state index contributed by atoms with van der Waals surface area (Å²) in [4.78, 5) is 53.0. The van der Waals surface area contributed by atoms with Crippen molar-refractivity contribution in [1.29, 1.82) is 0 Å². The van der Waals surface area contributed by atoms with E-state index in [9.17, 15) is 18.8 Å². The summed E-state index contributed by atoms with van der Waals surface area (Å²) in [5.41, 5.74) is 2.83. The first kappa shape index (κ1) is 31.9. The molecule has 6 rings (SSSR count). The normalized spacial score (nSPS) is 19.6. The zero-order valence-corrected chi connectivity index (χ0v) is 26.5. The first-order chi connectivity index (χ1) is 22.8. The van der Waals surface area contributed by atoms with Crippen LogP contribution in [0.25, 0.3) is 0 Å². The minimum absolute atomic E-state index is 0.0240. The second-order valence-corrected chi connectivity index (χ2v) is 12.2. The number of anilines is 1. The maximum Gasteiger partial charge on any atom is 0.338 e. The van der Waals surface area contributed by atoms with E-state index in [1.807, 2.05) is 34.5 Å². The third-order valence-electron chi connectivity index (χ3n) is 8.44. The number of aliphatic carboxylic acids is 1. The minimum atomic E-state index is -0.936. The van der Waals surface area contributed by atoms with Crippen molar-refractivity contribution in [2.24, 2.45) is 4.99 Å². The second-order valence-electron chi connectivity index (χ2n) is 11.3. The van der Waals surface area contributed by atoms with Gasteiger partial charge in [-0.15, -0.1) is 17.8 Å². The van der Waals surface area contributed by atoms with E-state index in [1.54, 1.807) is 30.2 Å². The average molecular weight is 657 g/mol. The van der Waals surface area contributed by atoms with Crippen molar-refractivity contribution >= 4 is 40.8 Å². The van der Waals surface area contributed by atoms with E-state index < -0.39 is 23.8 Å². The predicted molar refractivity (Wildman–Crippen MR) is 175 cm³/mol. The number of aryl methyl sites for hydroxylation is 1. The molecule has 3 aliphatic rings. The zero-order valence-electron chi connectivity index (χ0n) is 25.7. The molecule has 0 unspecified atom stereocenters. The fourth-order valence-electron chi connectivity index (χ4n) is 6.21. The fraction of sp³-hybridized carbons (Fsp3) is 0.324. The number of aromatic nitrogens is 1. The van der Waals surface area contributed by atoms with Crippen LogP contribution in [0.4, 0.5) is 14.9 Å². The number of benzene rings is 2. The van der Waals surface area contributed by atoms with Crippen LogP contribution < -0.4 is 10.2 Å². The summed E-state index contributed by atoms with van der Waals surface area (Å²) in [5.74, 6) is 0.850. The van der Waals surface area contributed by atoms with Gasteiger partial charge in [0.2, 0.25) is 0 Å². The molecule has 0 bridgehead atoms. The van der Waals surface area contributed by atoms with Crippen LogP contribution >= 0.6 is 11.3 Å². The molecule has 0 radical (unpaired) electrons. The number of urea groups is 1. The Morgan fingerprint density at radius 2 is 2.00 bits per heavy atom. The molecule has 2 aromatic carbocycles. The lowest BCUT2D eigenvalue weighted by Gasteiger charge is -2.38. The number of thiazole rings is 1. The Bertz CT molecular complexity index is 1780. The quantitative estimate of drug-likeness (QED) is 0.249. The van der Waals surface area contributed by atoms with Crippen molar-refractivity contribution in [3.05, 3.63) is 92.8 Å². The van der Waals surface area contributed by atoms with Crippen molar-refractivity contribution in [2.75, 3.05) is 44.2 Å². The van der Waals surface area contributed by atoms with E-state index in [-0.39, 0.29) is 36.2 Å². The standard InChI is InChI=1S/C34H33FN6O5S/c1-3-24-25(6-5-7-26(24)35)30-29(33(44)46-4-2)27(37-31(38-30)32-36-14-17-47-32)20-39-15-16-40-23(18-39)19-41(34(40)45)22-11-8-21(9-12-22)10-13-28(42)43/h1,5-9,11-12,14,17,23,30H,4,10,13,15-16,18-20H2,2H3,(H,37,38)(H,42,43)/t23-,30-/m0/s1. The van der Waals surface area contributed by atoms with E-state index >= 15 is 0 Å². The Balaban J connectivity index is 1.27. The highest BCUT2D eigenvalue weighted by atomic mass is 32.1. The van der Waals surface area contributed by atoms with Crippen LogP contribution in [-0.4, -0.2) is 89.1 Å². The maximum atomic E-state index is 14.9. The number of halogens is 1. The van der Waals surface area contributed by atoms with Crippen molar-refractivity contribution in [3.63, 3.8) is 0 Å². The first-order valence-electron chi connectivity index (χ1n) is 15.3. The number of aliphatic imine (C=N–C) groups is 1. The van der Waals surface area contributed by atoms with Gasteiger partial charge in [0.25, 0.3) is 0 Å². The number of piperazine rings is 1. The Morgan fingerprint density at radius 3 is 2.70 bits per heavy atom. The average Bonchev–Trinajstić information content (AvgIpc) is 3.72. The second kappa shape index (κ2) is 13.7. The smallest absolute Gasteiger partial charge is 0.338 e. The molecule has 242 valence electrons. The third kappa shape index (κ3) is 6.61. The molecular formula is C34H33FN6O5S. The third-order valence-corrected chi connectivity index (χ3v) is 9.21. The van der Waals surface area contributed by atoms with Crippen LogP contribution in [0, 0.1) is 18.2 Å². The van der Waals surface area contributed by atoms with Crippen LogP contribution in [-0.2, 0) is 20.7 Å². The van der Waals surface area contributed by atoms with Gasteiger partial charge in [0.15, 0.2) is 10.8 Å². The number of carbonyl (C=O) groups is 3. The van der Waals surface area contributed by atoms with Gasteiger partial charge in [0.05, 0.1) is 23.8 Å². The number of amides is 2. The SMILES string of the molecule is C#Cc1c(F)cccc1[C@@H]1N=C(c2nccs2)NC(CN2CCN3C(=O)N(c4ccc(CCC(=O)O)cc4)C[C@@H]3C2)=C1C(=O)OCC. The Morgan fingerprint density at radius 1 is 1.19 bits per heavy atom. The van der Waals surface area contributed by atoms with E-state index in [0.717, 1.165) is 11.3 Å². The number of terminal acetylenes is 1. The summed E-state index contributed by atoms with van der Waals surface area (Å²) in [6, 6.07) is 10.8. The number of hydrogen-bond donors (Lipinski definition) is 2. The highest BCUT2D eigenvalue weighted by molar-refractivity contribution is 7.11. The van der Waals surface area contributed by atoms with E-state index in [4.69, 9.17) is 21.3 Å². The van der Waals surface area contributed by atoms with Gasteiger partial charge < -0.3 is 20.1 Å². The van der Waals surface area contributed by atoms with Gasteiger partial charge in [-0.2, -0.15) is 0 Å². The summed E-state index contributed by atoms with van der Waals surface area (Å²) in [6.45, 7) is 4.22. The predicted octanol–water partition coefficient (Wildman–Crippen LogP) is 3.82. The molecule has 47 heavy (non-hydrogen) atoms. The zero-order chi connectivity index (χ0) is 33.1. The number of amidine groups is 1. The maximum absolute atomic E-state index is 14.9. The fourth-order valence-corrected chi connectivity index (χ4v) is 6.80. The number of ether oxygens (including phenoxy) is 1. The molecule has 2 amide bonds. The topological polar surface area (TPSA) is 128 Å². The van der Waals surface area contributed by atoms with Gasteiger partial charge in [-0.05, 0) is 42.7 Å². The van der Waals surface area contributed by atoms with E-state index in [0.29, 0.717) is 61.2 Å². The van der Waals surface area contributed by atoms with Crippen molar-refractivity contribution in [1.82, 2.24) is 20.1 Å². The number of rotatable bonds is 10. The highest BCUT2D eigenvalue weighted by Gasteiger charge is 2.42. The number of esters is 1. The van der Waals surface area contributed by atoms with E-state index in [2.05, 4.69) is 21.1 Å². The van der Waals surface area contributed by atoms with E-state index in [1.165, 1.54) is 17.4 Å². The minimum Gasteiger partial charge on any atom is -0.481 e. The summed E-state index contributed by atoms with van der Waals surface area (Å²) < 4.78 is 20.4. The molecule has 4 heterocycles. The summed E-state index contributed by atoms with van der Waals surface area (Å²) >= 11 is 1.38. The molecule has 0 spiro atoms. The highest BCUT2D eigenvalue weighted by Crippen LogP contribution is 2.36. The number of carbonyl (C=O) groups excluding carboxylic acids is 2. The van der Waals surface area contributed by atoms with Crippen molar-refractivity contribution < 1.29 is 28.6 Å². The number of carboxylic acids is 1. The Hall–Kier alpha value is -5.06. The van der Waals surface area contributed by atoms with Gasteiger partial charge in [-0.25, -0.2) is 19.0 Å². The van der Waals surface area contributed by atoms with Crippen LogP contribution in [0.5, 0.6) is 0 Å². The molecule has 2 saturated heterocycles. The van der Waals surface area contributed by atoms with Crippen LogP contribution in [0.3, 0.4) is 0 Å². The molecule has 0 saturated carbocycles. The van der Waals surface area contributed by atoms with Gasteiger partial charge in [0.1, 0.15) is 11.9 Å². The van der Waals surface area contributed by atoms with Crippen LogP contribution in [0.15, 0.2) is 70.3 Å². The largest absolute Gasteiger partial charge is 0.481 e.